The van der Waals surface area contributed by atoms with Crippen LogP contribution in [-0.2, 0) is 4.79 Å². The van der Waals surface area contributed by atoms with Crippen LogP contribution >= 0.6 is 0 Å². The quantitative estimate of drug-likeness (QED) is 0.257. The third-order valence-electron chi connectivity index (χ3n) is 11.4. The second kappa shape index (κ2) is 16.3. The molecule has 4 N–H and O–H groups in total. The van der Waals surface area contributed by atoms with Crippen LogP contribution in [0.1, 0.15) is 65.7 Å². The number of hydrogen-bond acceptors (Lipinski definition) is 11. The Morgan fingerprint density at radius 3 is 2.44 bits per heavy atom. The summed E-state index contributed by atoms with van der Waals surface area (Å²) in [6.07, 6.45) is 7.83. The molecule has 14 nitrogen and oxygen atoms in total. The second-order valence-electron chi connectivity index (χ2n) is 15.0. The Bertz CT molecular complexity index is 1880. The number of ether oxygens (including phenoxy) is 1. The van der Waals surface area contributed by atoms with Gasteiger partial charge in [-0.25, -0.2) is 9.99 Å². The first-order valence-electron chi connectivity index (χ1n) is 19.2. The third kappa shape index (κ3) is 8.59. The zero-order chi connectivity index (χ0) is 38.7. The van der Waals surface area contributed by atoms with Gasteiger partial charge in [-0.05, 0) is 81.0 Å². The first kappa shape index (κ1) is 38.2. The lowest BCUT2D eigenvalue weighted by molar-refractivity contribution is -0.140. The van der Waals surface area contributed by atoms with Crippen molar-refractivity contribution in [3.63, 3.8) is 0 Å². The Kier molecular flexibility index (Phi) is 11.3. The number of methoxy groups -OCH3 is 1. The molecule has 0 bridgehead atoms. The average Bonchev–Trinajstić information content (AvgIpc) is 3.72. The number of hydrogen-bond donors (Lipinski definition) is 3. The Morgan fingerprint density at radius 2 is 1.73 bits per heavy atom. The zero-order valence-electron chi connectivity index (χ0n) is 31.5. The number of nitrogens with zero attached hydrogens (tertiary/aromatic N) is 7. The molecule has 3 aromatic rings. The van der Waals surface area contributed by atoms with Crippen molar-refractivity contribution in [2.75, 3.05) is 86.5 Å². The van der Waals surface area contributed by atoms with Crippen LogP contribution in [0.5, 0.6) is 5.75 Å². The van der Waals surface area contributed by atoms with E-state index < -0.39 is 24.3 Å². The van der Waals surface area contributed by atoms with E-state index in [1.807, 2.05) is 23.2 Å². The van der Waals surface area contributed by atoms with Crippen molar-refractivity contribution in [3.05, 3.63) is 59.8 Å². The van der Waals surface area contributed by atoms with Gasteiger partial charge in [0.15, 0.2) is 5.82 Å². The number of primary amides is 1. The molecule has 2 saturated heterocycles. The van der Waals surface area contributed by atoms with Crippen LogP contribution in [0.3, 0.4) is 0 Å². The summed E-state index contributed by atoms with van der Waals surface area (Å²) in [5.41, 5.74) is 11.2. The van der Waals surface area contributed by atoms with E-state index in [2.05, 4.69) is 30.5 Å². The molecular weight excluding hydrogens is 710 g/mol. The van der Waals surface area contributed by atoms with E-state index in [0.717, 1.165) is 101 Å². The van der Waals surface area contributed by atoms with Gasteiger partial charge in [0.25, 0.3) is 11.8 Å². The minimum Gasteiger partial charge on any atom is -0.495 e. The lowest BCUT2D eigenvalue weighted by atomic mass is 9.94. The second-order valence-corrected chi connectivity index (χ2v) is 15.0. The van der Waals surface area contributed by atoms with Gasteiger partial charge in [0.2, 0.25) is 11.9 Å². The number of aromatic nitrogens is 2. The number of halogens is 2. The lowest BCUT2D eigenvalue weighted by Crippen LogP contribution is -2.48. The van der Waals surface area contributed by atoms with Gasteiger partial charge < -0.3 is 30.5 Å². The van der Waals surface area contributed by atoms with Crippen molar-refractivity contribution < 1.29 is 27.9 Å². The number of fused-ring (bicyclic) bond motifs is 1. The highest BCUT2D eigenvalue weighted by molar-refractivity contribution is 6.02. The predicted molar refractivity (Wildman–Crippen MR) is 206 cm³/mol. The Labute approximate surface area is 319 Å². The summed E-state index contributed by atoms with van der Waals surface area (Å²) in [7, 11) is 2.82. The molecule has 3 amide bonds. The van der Waals surface area contributed by atoms with Crippen molar-refractivity contribution in [1.82, 2.24) is 25.3 Å². The Morgan fingerprint density at radius 1 is 0.982 bits per heavy atom. The highest BCUT2D eigenvalue weighted by atomic mass is 19.3. The molecule has 3 aliphatic heterocycles. The maximum Gasteiger partial charge on any atom is 0.342 e. The number of piperidine rings is 1. The summed E-state index contributed by atoms with van der Waals surface area (Å²) in [6, 6.07) is 12.4. The molecule has 0 radical (unpaired) electrons. The fourth-order valence-corrected chi connectivity index (χ4v) is 8.15. The zero-order valence-corrected chi connectivity index (χ0v) is 31.5. The van der Waals surface area contributed by atoms with Crippen LogP contribution < -0.4 is 35.9 Å². The van der Waals surface area contributed by atoms with Gasteiger partial charge >= 0.3 is 5.92 Å². The van der Waals surface area contributed by atoms with Gasteiger partial charge in [-0.1, -0.05) is 18.9 Å². The first-order valence-corrected chi connectivity index (χ1v) is 19.2. The highest BCUT2D eigenvalue weighted by Gasteiger charge is 2.48. The van der Waals surface area contributed by atoms with Crippen molar-refractivity contribution >= 4 is 46.5 Å². The SMILES string of the molecule is COc1cc(C(=O)NN2CCC(CCN3CCN(c4cccc(C(N)=O)c4)CC3)CC2)ccc1Nc1ncc2c(n1)N(C1CCCC1)CC(F)(F)C(=O)N2C. The van der Waals surface area contributed by atoms with E-state index in [1.54, 1.807) is 29.2 Å². The summed E-state index contributed by atoms with van der Waals surface area (Å²) in [4.78, 5) is 53.8. The summed E-state index contributed by atoms with van der Waals surface area (Å²) < 4.78 is 35.6. The molecule has 4 heterocycles. The number of alkyl halides is 2. The molecule has 294 valence electrons. The van der Waals surface area contributed by atoms with Gasteiger partial charge in [0, 0.05) is 69.2 Å². The molecule has 0 atom stereocenters. The number of carbonyl (C=O) groups is 3. The average molecular weight is 761 g/mol. The van der Waals surface area contributed by atoms with Crippen molar-refractivity contribution in [3.8, 4) is 5.75 Å². The van der Waals surface area contributed by atoms with Crippen LogP contribution in [0.4, 0.5) is 37.6 Å². The summed E-state index contributed by atoms with van der Waals surface area (Å²) in [6.45, 7) is 5.55. The van der Waals surface area contributed by atoms with Crippen molar-refractivity contribution in [2.24, 2.45) is 11.7 Å². The van der Waals surface area contributed by atoms with E-state index in [0.29, 0.717) is 28.5 Å². The maximum atomic E-state index is 15.0. The number of nitrogens with two attached hydrogens (primary N) is 1. The molecule has 3 fully saturated rings. The van der Waals surface area contributed by atoms with E-state index in [-0.39, 0.29) is 29.4 Å². The van der Waals surface area contributed by atoms with E-state index in [1.165, 1.54) is 20.4 Å². The molecule has 2 aromatic carbocycles. The monoisotopic (exact) mass is 760 g/mol. The Balaban J connectivity index is 0.907. The normalized spacial score (nSPS) is 19.9. The van der Waals surface area contributed by atoms with Crippen molar-refractivity contribution in [2.45, 2.75) is 56.9 Å². The number of amides is 3. The van der Waals surface area contributed by atoms with Crippen LogP contribution in [0.25, 0.3) is 0 Å². The van der Waals surface area contributed by atoms with Crippen molar-refractivity contribution in [1.29, 1.82) is 0 Å². The predicted octanol–water partition coefficient (Wildman–Crippen LogP) is 4.26. The van der Waals surface area contributed by atoms with E-state index in [4.69, 9.17) is 10.5 Å². The summed E-state index contributed by atoms with van der Waals surface area (Å²) in [5, 5.41) is 5.10. The Hall–Kier alpha value is -5.09. The number of carbonyl (C=O) groups excluding carboxylic acids is 3. The molecule has 1 aliphatic carbocycles. The van der Waals surface area contributed by atoms with Crippen LogP contribution in [0.15, 0.2) is 48.7 Å². The number of piperazine rings is 1. The number of benzene rings is 2. The topological polar surface area (TPSA) is 153 Å². The molecule has 4 aliphatic rings. The number of nitrogens with one attached hydrogen (secondary N) is 2. The molecule has 0 unspecified atom stereocenters. The van der Waals surface area contributed by atoms with Gasteiger partial charge in [0.1, 0.15) is 11.4 Å². The molecule has 0 spiro atoms. The molecular formula is C39H50F2N10O4. The molecule has 7 rings (SSSR count). The molecule has 1 saturated carbocycles. The summed E-state index contributed by atoms with van der Waals surface area (Å²) >= 11 is 0. The number of rotatable bonds is 11. The minimum absolute atomic E-state index is 0.153. The summed E-state index contributed by atoms with van der Waals surface area (Å²) in [5.74, 6) is -4.11. The first-order chi connectivity index (χ1) is 26.5. The minimum atomic E-state index is -3.57. The fraction of sp³-hybridized carbons (Fsp3) is 0.513. The highest BCUT2D eigenvalue weighted by Crippen LogP contribution is 2.40. The van der Waals surface area contributed by atoms with Crippen LogP contribution in [-0.4, -0.2) is 116 Å². The maximum absolute atomic E-state index is 15.0. The number of hydrazine groups is 1. The fourth-order valence-electron chi connectivity index (χ4n) is 8.15. The van der Waals surface area contributed by atoms with E-state index in [9.17, 15) is 14.4 Å². The van der Waals surface area contributed by atoms with Gasteiger partial charge in [-0.3, -0.25) is 24.7 Å². The van der Waals surface area contributed by atoms with E-state index >= 15 is 8.78 Å². The molecule has 55 heavy (non-hydrogen) atoms. The third-order valence-corrected chi connectivity index (χ3v) is 11.4. The van der Waals surface area contributed by atoms with Crippen LogP contribution in [0.2, 0.25) is 0 Å². The lowest BCUT2D eigenvalue weighted by Gasteiger charge is -2.37. The van der Waals surface area contributed by atoms with Crippen LogP contribution in [0, 0.1) is 5.92 Å². The van der Waals surface area contributed by atoms with Gasteiger partial charge in [0.05, 0.1) is 25.5 Å². The molecule has 1 aromatic heterocycles. The molecule has 16 heteroatoms. The number of anilines is 5. The largest absolute Gasteiger partial charge is 0.495 e. The smallest absolute Gasteiger partial charge is 0.342 e. The van der Waals surface area contributed by atoms with Gasteiger partial charge in [-0.15, -0.1) is 0 Å². The van der Waals surface area contributed by atoms with Gasteiger partial charge in [-0.2, -0.15) is 13.8 Å². The standard InChI is InChI=1S/C39H50F2N10O4/c1-47-32-24-43-38(45-35(32)51(29-7-3-4-8-29)25-39(40,41)37(47)54)44-31-11-10-28(23-33(31)55-2)36(53)46-50-16-13-26(14-17-50)12-15-48-18-20-49(21-19-48)30-9-5-6-27(22-30)34(42)52/h5-6,9-11,22-24,26,29H,3-4,7-8,12-21,25H2,1-2H3,(H2,42,52)(H,46,53)(H,43,44,45).